The number of carbonyl (C=O) groups excluding carboxylic acids is 1. The first-order valence-electron chi connectivity index (χ1n) is 9.20. The first-order chi connectivity index (χ1) is 12.3. The minimum absolute atomic E-state index is 0.254. The van der Waals surface area contributed by atoms with Gasteiger partial charge in [0.2, 0.25) is 5.91 Å². The van der Waals surface area contributed by atoms with Crippen LogP contribution in [-0.2, 0) is 4.79 Å². The summed E-state index contributed by atoms with van der Waals surface area (Å²) in [5.41, 5.74) is 1.02. The van der Waals surface area contributed by atoms with Gasteiger partial charge in [-0.25, -0.2) is 0 Å². The third kappa shape index (κ3) is 3.59. The Morgan fingerprint density at radius 1 is 1.12 bits per heavy atom. The molecular weight excluding hydrogens is 332 g/mol. The van der Waals surface area contributed by atoms with Crippen molar-refractivity contribution in [1.29, 1.82) is 0 Å². The van der Waals surface area contributed by atoms with Gasteiger partial charge in [0.25, 0.3) is 0 Å². The van der Waals surface area contributed by atoms with Gasteiger partial charge in [0.05, 0.1) is 5.75 Å². The van der Waals surface area contributed by atoms with Crippen LogP contribution in [0.5, 0.6) is 0 Å². The van der Waals surface area contributed by atoms with E-state index in [9.17, 15) is 4.79 Å². The molecule has 2 atom stereocenters. The second-order valence-electron chi connectivity index (χ2n) is 6.95. The summed E-state index contributed by atoms with van der Waals surface area (Å²) in [4.78, 5) is 15.0. The predicted octanol–water partition coefficient (Wildman–Crippen LogP) is 3.54. The van der Waals surface area contributed by atoms with E-state index in [4.69, 9.17) is 0 Å². The Morgan fingerprint density at radius 2 is 1.92 bits per heavy atom. The van der Waals surface area contributed by atoms with Crippen molar-refractivity contribution >= 4 is 17.7 Å². The summed E-state index contributed by atoms with van der Waals surface area (Å²) in [6.07, 6.45) is 9.23. The second-order valence-corrected chi connectivity index (χ2v) is 7.89. The summed E-state index contributed by atoms with van der Waals surface area (Å²) >= 11 is 1.49. The summed E-state index contributed by atoms with van der Waals surface area (Å²) in [5, 5.41) is 8.99. The summed E-state index contributed by atoms with van der Waals surface area (Å²) in [6, 6.07) is 10.5. The van der Waals surface area contributed by atoms with Crippen LogP contribution in [0.1, 0.15) is 38.5 Å². The molecule has 1 aliphatic heterocycles. The van der Waals surface area contributed by atoms with Crippen LogP contribution in [0, 0.1) is 5.92 Å². The molecule has 2 aliphatic rings. The zero-order valence-electron chi connectivity index (χ0n) is 14.4. The fraction of sp³-hybridized carbons (Fsp3) is 0.526. The zero-order chi connectivity index (χ0) is 17.1. The molecule has 1 saturated carbocycles. The van der Waals surface area contributed by atoms with Crippen molar-refractivity contribution in [3.8, 4) is 5.69 Å². The number of hydrogen-bond donors (Lipinski definition) is 0. The molecule has 4 rings (SSSR count). The van der Waals surface area contributed by atoms with Crippen LogP contribution < -0.4 is 0 Å². The highest BCUT2D eigenvalue weighted by atomic mass is 32.2. The molecule has 2 heterocycles. The third-order valence-corrected chi connectivity index (χ3v) is 6.37. The van der Waals surface area contributed by atoms with E-state index in [2.05, 4.69) is 15.1 Å². The van der Waals surface area contributed by atoms with Gasteiger partial charge in [-0.2, -0.15) is 0 Å². The van der Waals surface area contributed by atoms with Crippen molar-refractivity contribution < 1.29 is 4.79 Å². The molecule has 0 bridgehead atoms. The Morgan fingerprint density at radius 3 is 2.80 bits per heavy atom. The predicted molar refractivity (Wildman–Crippen MR) is 98.8 cm³/mol. The van der Waals surface area contributed by atoms with Crippen molar-refractivity contribution in [3.05, 3.63) is 36.7 Å². The maximum Gasteiger partial charge on any atom is 0.233 e. The molecule has 25 heavy (non-hydrogen) atoms. The first-order valence-corrected chi connectivity index (χ1v) is 10.2. The SMILES string of the molecule is O=C(CSc1nncn1-c1ccccc1)N1CCC[C@@H]2CCCC[C@H]21. The van der Waals surface area contributed by atoms with Crippen molar-refractivity contribution in [2.45, 2.75) is 49.7 Å². The molecule has 1 saturated heterocycles. The average molecular weight is 356 g/mol. The number of aromatic nitrogens is 3. The highest BCUT2D eigenvalue weighted by Crippen LogP contribution is 2.35. The molecular formula is C19H24N4OS. The van der Waals surface area contributed by atoms with Crippen molar-refractivity contribution in [1.82, 2.24) is 19.7 Å². The molecule has 6 heteroatoms. The van der Waals surface area contributed by atoms with Gasteiger partial charge in [0.1, 0.15) is 6.33 Å². The van der Waals surface area contributed by atoms with Gasteiger partial charge < -0.3 is 4.90 Å². The lowest BCUT2D eigenvalue weighted by Crippen LogP contribution is -2.50. The number of likely N-dealkylation sites (tertiary alicyclic amines) is 1. The van der Waals surface area contributed by atoms with Crippen LogP contribution in [0.3, 0.4) is 0 Å². The quantitative estimate of drug-likeness (QED) is 0.786. The number of carbonyl (C=O) groups is 1. The minimum Gasteiger partial charge on any atom is -0.339 e. The van der Waals surface area contributed by atoms with Gasteiger partial charge in [0, 0.05) is 18.3 Å². The molecule has 0 unspecified atom stereocenters. The van der Waals surface area contributed by atoms with Crippen molar-refractivity contribution in [3.63, 3.8) is 0 Å². The van der Waals surface area contributed by atoms with Gasteiger partial charge in [-0.15, -0.1) is 10.2 Å². The first kappa shape index (κ1) is 16.6. The van der Waals surface area contributed by atoms with Crippen LogP contribution in [0.2, 0.25) is 0 Å². The van der Waals surface area contributed by atoms with Gasteiger partial charge in [-0.1, -0.05) is 42.8 Å². The minimum atomic E-state index is 0.254. The smallest absolute Gasteiger partial charge is 0.233 e. The number of thioether (sulfide) groups is 1. The molecule has 2 aromatic rings. The van der Waals surface area contributed by atoms with Gasteiger partial charge in [0.15, 0.2) is 5.16 Å². The Labute approximate surface area is 152 Å². The fourth-order valence-corrected chi connectivity index (χ4v) is 5.05. The number of benzene rings is 1. The molecule has 0 N–H and O–H groups in total. The number of amides is 1. The Hall–Kier alpha value is -1.82. The van der Waals surface area contributed by atoms with Gasteiger partial charge in [-0.05, 0) is 43.7 Å². The topological polar surface area (TPSA) is 51.0 Å². The maximum absolute atomic E-state index is 12.8. The summed E-state index contributed by atoms with van der Waals surface area (Å²) in [6.45, 7) is 0.923. The van der Waals surface area contributed by atoms with Crippen LogP contribution >= 0.6 is 11.8 Å². The second kappa shape index (κ2) is 7.60. The molecule has 1 aromatic heterocycles. The lowest BCUT2D eigenvalue weighted by atomic mass is 9.78. The van der Waals surface area contributed by atoms with E-state index < -0.39 is 0 Å². The highest BCUT2D eigenvalue weighted by molar-refractivity contribution is 7.99. The van der Waals surface area contributed by atoms with Crippen LogP contribution in [0.4, 0.5) is 0 Å². The van der Waals surface area contributed by atoms with E-state index in [1.165, 1.54) is 43.9 Å². The Bertz CT molecular complexity index is 715. The molecule has 1 aliphatic carbocycles. The normalized spacial score (nSPS) is 23.3. The van der Waals surface area contributed by atoms with Crippen molar-refractivity contribution in [2.75, 3.05) is 12.3 Å². The van der Waals surface area contributed by atoms with Gasteiger partial charge >= 0.3 is 0 Å². The lowest BCUT2D eigenvalue weighted by molar-refractivity contribution is -0.134. The summed E-state index contributed by atoms with van der Waals surface area (Å²) < 4.78 is 1.94. The fourth-order valence-electron chi connectivity index (χ4n) is 4.23. The Kier molecular flexibility index (Phi) is 5.06. The van der Waals surface area contributed by atoms with Crippen molar-refractivity contribution in [2.24, 2.45) is 5.92 Å². The lowest BCUT2D eigenvalue weighted by Gasteiger charge is -2.44. The molecule has 1 amide bonds. The van der Waals surface area contributed by atoms with Gasteiger partial charge in [-0.3, -0.25) is 9.36 Å². The monoisotopic (exact) mass is 356 g/mol. The molecule has 0 radical (unpaired) electrons. The standard InChI is InChI=1S/C19H24N4OS/c24-18(22-12-6-8-15-7-4-5-11-17(15)22)13-25-19-21-20-14-23(19)16-9-2-1-3-10-16/h1-3,9-10,14-15,17H,4-8,11-13H2/t15-,17+/m0/s1. The molecule has 132 valence electrons. The number of rotatable bonds is 4. The van der Waals surface area contributed by atoms with Crippen LogP contribution in [0.25, 0.3) is 5.69 Å². The van der Waals surface area contributed by atoms with E-state index in [-0.39, 0.29) is 5.91 Å². The summed E-state index contributed by atoms with van der Waals surface area (Å²) in [5.74, 6) is 1.42. The molecule has 5 nitrogen and oxygen atoms in total. The molecule has 0 spiro atoms. The largest absolute Gasteiger partial charge is 0.339 e. The van der Waals surface area contributed by atoms with E-state index in [1.807, 2.05) is 34.9 Å². The van der Waals surface area contributed by atoms with Crippen LogP contribution in [0.15, 0.2) is 41.8 Å². The average Bonchev–Trinajstić information content (AvgIpc) is 3.15. The number of nitrogens with zero attached hydrogens (tertiary/aromatic N) is 4. The van der Waals surface area contributed by atoms with E-state index in [0.717, 1.165) is 29.7 Å². The van der Waals surface area contributed by atoms with E-state index in [0.29, 0.717) is 11.8 Å². The number of piperidine rings is 1. The molecule has 1 aromatic carbocycles. The zero-order valence-corrected chi connectivity index (χ0v) is 15.2. The highest BCUT2D eigenvalue weighted by Gasteiger charge is 2.35. The third-order valence-electron chi connectivity index (χ3n) is 5.44. The van der Waals surface area contributed by atoms with Crippen LogP contribution in [-0.4, -0.2) is 43.9 Å². The Balaban J connectivity index is 1.42. The molecule has 2 fully saturated rings. The number of hydrogen-bond acceptors (Lipinski definition) is 4. The number of para-hydroxylation sites is 1. The summed E-state index contributed by atoms with van der Waals surface area (Å²) in [7, 11) is 0. The number of fused-ring (bicyclic) bond motifs is 1. The maximum atomic E-state index is 12.8. The van der Waals surface area contributed by atoms with E-state index in [1.54, 1.807) is 6.33 Å². The van der Waals surface area contributed by atoms with E-state index >= 15 is 0 Å².